The van der Waals surface area contributed by atoms with E-state index in [1.807, 2.05) is 31.5 Å². The Morgan fingerprint density at radius 2 is 2.14 bits per heavy atom. The molecule has 0 atom stereocenters. The average Bonchev–Trinajstić information content (AvgIpc) is 3.32. The molecule has 4 aromatic heterocycles. The van der Waals surface area contributed by atoms with Crippen molar-refractivity contribution in [3.05, 3.63) is 36.8 Å². The number of anilines is 1. The number of aromatic nitrogens is 5. The fraction of sp³-hybridized carbons (Fsp3) is 0.381. The topological polar surface area (TPSA) is 100 Å². The maximum Gasteiger partial charge on any atom is 0.244 e. The second-order valence-electron chi connectivity index (χ2n) is 8.03. The van der Waals surface area contributed by atoms with Crippen LogP contribution in [0.2, 0.25) is 0 Å². The average molecular weight is 392 g/mol. The number of aliphatic hydroxyl groups is 1. The minimum Gasteiger partial charge on any atom is -0.479 e. The third kappa shape index (κ3) is 3.29. The molecule has 0 bridgehead atoms. The summed E-state index contributed by atoms with van der Waals surface area (Å²) in [7, 11) is 1.62. The molecule has 1 aliphatic carbocycles. The predicted octanol–water partition coefficient (Wildman–Crippen LogP) is 3.39. The Balaban J connectivity index is 1.49. The van der Waals surface area contributed by atoms with Gasteiger partial charge in [0.1, 0.15) is 5.52 Å². The molecular formula is C21H24N6O2. The molecule has 4 aromatic rings. The summed E-state index contributed by atoms with van der Waals surface area (Å²) < 4.78 is 7.40. The van der Waals surface area contributed by atoms with Crippen molar-refractivity contribution in [2.75, 3.05) is 12.4 Å². The van der Waals surface area contributed by atoms with Gasteiger partial charge in [-0.05, 0) is 50.8 Å². The molecule has 0 aliphatic heterocycles. The summed E-state index contributed by atoms with van der Waals surface area (Å²) in [4.78, 5) is 12.2. The third-order valence-corrected chi connectivity index (χ3v) is 5.78. The highest BCUT2D eigenvalue weighted by Gasteiger charge is 2.29. The van der Waals surface area contributed by atoms with Crippen LogP contribution in [0.15, 0.2) is 36.8 Å². The SMILES string of the molecule is COc1nc(N[C@H]2CC[C@](C)(O)CC2)nn2ccc(-c3cc4cnccc4[nH]3)c12. The van der Waals surface area contributed by atoms with Gasteiger partial charge in [0.05, 0.1) is 12.7 Å². The van der Waals surface area contributed by atoms with Crippen molar-refractivity contribution in [1.29, 1.82) is 0 Å². The molecule has 150 valence electrons. The summed E-state index contributed by atoms with van der Waals surface area (Å²) >= 11 is 0. The predicted molar refractivity (Wildman–Crippen MR) is 111 cm³/mol. The Bertz CT molecular complexity index is 1140. The van der Waals surface area contributed by atoms with Gasteiger partial charge in [-0.25, -0.2) is 4.52 Å². The zero-order chi connectivity index (χ0) is 20.0. The normalized spacial score (nSPS) is 22.2. The minimum atomic E-state index is -0.564. The maximum atomic E-state index is 10.2. The van der Waals surface area contributed by atoms with Gasteiger partial charge < -0.3 is 20.1 Å². The lowest BCUT2D eigenvalue weighted by atomic mass is 9.84. The molecule has 0 radical (unpaired) electrons. The monoisotopic (exact) mass is 392 g/mol. The Kier molecular flexibility index (Phi) is 4.16. The van der Waals surface area contributed by atoms with E-state index in [4.69, 9.17) is 4.74 Å². The standard InChI is InChI=1S/C21H24N6O2/c1-21(28)7-3-14(4-8-21)23-20-25-19(29-2)18-15(6-10-27(18)26-20)17-11-13-12-22-9-5-16(13)24-17/h5-6,9-12,14,24,28H,3-4,7-8H2,1-2H3,(H,23,26)/t14-,21-. The van der Waals surface area contributed by atoms with Gasteiger partial charge >= 0.3 is 0 Å². The number of aromatic amines is 1. The highest BCUT2D eigenvalue weighted by Crippen LogP contribution is 2.33. The zero-order valence-electron chi connectivity index (χ0n) is 16.5. The smallest absolute Gasteiger partial charge is 0.244 e. The lowest BCUT2D eigenvalue weighted by molar-refractivity contribution is 0.0195. The first-order valence-corrected chi connectivity index (χ1v) is 9.88. The first-order chi connectivity index (χ1) is 14.0. The number of nitrogens with zero attached hydrogens (tertiary/aromatic N) is 4. The number of methoxy groups -OCH3 is 1. The lowest BCUT2D eigenvalue weighted by Gasteiger charge is -2.33. The molecule has 0 saturated heterocycles. The summed E-state index contributed by atoms with van der Waals surface area (Å²) in [6, 6.07) is 6.27. The zero-order valence-corrected chi connectivity index (χ0v) is 16.5. The van der Waals surface area contributed by atoms with E-state index in [0.717, 1.165) is 53.4 Å². The summed E-state index contributed by atoms with van der Waals surface area (Å²) in [5.41, 5.74) is 3.21. The van der Waals surface area contributed by atoms with Crippen molar-refractivity contribution in [1.82, 2.24) is 24.6 Å². The van der Waals surface area contributed by atoms with E-state index in [1.165, 1.54) is 0 Å². The van der Waals surface area contributed by atoms with Crippen LogP contribution in [0.1, 0.15) is 32.6 Å². The molecule has 8 heteroatoms. The van der Waals surface area contributed by atoms with E-state index in [9.17, 15) is 5.11 Å². The first kappa shape index (κ1) is 17.9. The van der Waals surface area contributed by atoms with Crippen molar-refractivity contribution in [3.63, 3.8) is 0 Å². The van der Waals surface area contributed by atoms with Crippen molar-refractivity contribution in [3.8, 4) is 17.1 Å². The summed E-state index contributed by atoms with van der Waals surface area (Å²) in [6.45, 7) is 1.90. The highest BCUT2D eigenvalue weighted by molar-refractivity contribution is 5.90. The summed E-state index contributed by atoms with van der Waals surface area (Å²) in [5.74, 6) is 1.05. The third-order valence-electron chi connectivity index (χ3n) is 5.78. The molecule has 0 amide bonds. The number of hydrogen-bond acceptors (Lipinski definition) is 6. The van der Waals surface area contributed by atoms with E-state index < -0.39 is 5.60 Å². The van der Waals surface area contributed by atoms with E-state index in [1.54, 1.807) is 17.8 Å². The number of H-pyrrole nitrogens is 1. The molecule has 29 heavy (non-hydrogen) atoms. The molecule has 0 unspecified atom stereocenters. The molecular weight excluding hydrogens is 368 g/mol. The van der Waals surface area contributed by atoms with Crippen LogP contribution in [0.25, 0.3) is 27.7 Å². The molecule has 4 heterocycles. The number of rotatable bonds is 4. The second-order valence-corrected chi connectivity index (χ2v) is 8.03. The van der Waals surface area contributed by atoms with Gasteiger partial charge in [0.25, 0.3) is 0 Å². The van der Waals surface area contributed by atoms with Crippen LogP contribution < -0.4 is 10.1 Å². The van der Waals surface area contributed by atoms with E-state index in [0.29, 0.717) is 11.8 Å². The molecule has 5 rings (SSSR count). The maximum absolute atomic E-state index is 10.2. The van der Waals surface area contributed by atoms with Gasteiger partial charge in [-0.15, -0.1) is 5.10 Å². The Labute approximate surface area is 167 Å². The van der Waals surface area contributed by atoms with Crippen LogP contribution in [0.3, 0.4) is 0 Å². The van der Waals surface area contributed by atoms with Gasteiger partial charge in [0.2, 0.25) is 11.8 Å². The molecule has 3 N–H and O–H groups in total. The van der Waals surface area contributed by atoms with Crippen molar-refractivity contribution in [2.45, 2.75) is 44.2 Å². The van der Waals surface area contributed by atoms with Crippen LogP contribution in [0, 0.1) is 0 Å². The molecule has 1 fully saturated rings. The van der Waals surface area contributed by atoms with Crippen LogP contribution in [-0.2, 0) is 0 Å². The number of fused-ring (bicyclic) bond motifs is 2. The fourth-order valence-corrected chi connectivity index (χ4v) is 4.10. The Morgan fingerprint density at radius 3 is 2.90 bits per heavy atom. The number of hydrogen-bond donors (Lipinski definition) is 3. The number of ether oxygens (including phenoxy) is 1. The summed E-state index contributed by atoms with van der Waals surface area (Å²) in [5, 5.41) is 19.3. The number of nitrogens with one attached hydrogen (secondary N) is 2. The van der Waals surface area contributed by atoms with Crippen LogP contribution in [0.4, 0.5) is 5.95 Å². The van der Waals surface area contributed by atoms with Gasteiger partial charge in [0.15, 0.2) is 0 Å². The molecule has 8 nitrogen and oxygen atoms in total. The molecule has 0 aromatic carbocycles. The minimum absolute atomic E-state index is 0.244. The van der Waals surface area contributed by atoms with Crippen molar-refractivity contribution in [2.24, 2.45) is 0 Å². The van der Waals surface area contributed by atoms with Gasteiger partial charge in [0, 0.05) is 46.8 Å². The van der Waals surface area contributed by atoms with Gasteiger partial charge in [-0.2, -0.15) is 4.98 Å². The largest absolute Gasteiger partial charge is 0.479 e. The molecule has 1 aliphatic rings. The Hall–Kier alpha value is -3.13. The molecule has 1 saturated carbocycles. The lowest BCUT2D eigenvalue weighted by Crippen LogP contribution is -2.36. The second kappa shape index (κ2) is 6.73. The van der Waals surface area contributed by atoms with Crippen LogP contribution in [-0.4, -0.2) is 48.4 Å². The van der Waals surface area contributed by atoms with Gasteiger partial charge in [-0.1, -0.05) is 0 Å². The number of pyridine rings is 1. The van der Waals surface area contributed by atoms with E-state index in [2.05, 4.69) is 31.4 Å². The molecule has 0 spiro atoms. The fourth-order valence-electron chi connectivity index (χ4n) is 4.10. The van der Waals surface area contributed by atoms with Gasteiger partial charge in [-0.3, -0.25) is 4.98 Å². The quantitative estimate of drug-likeness (QED) is 0.492. The van der Waals surface area contributed by atoms with E-state index >= 15 is 0 Å². The van der Waals surface area contributed by atoms with Crippen LogP contribution in [0.5, 0.6) is 5.88 Å². The summed E-state index contributed by atoms with van der Waals surface area (Å²) in [6.07, 6.45) is 8.83. The van der Waals surface area contributed by atoms with E-state index in [-0.39, 0.29) is 6.04 Å². The Morgan fingerprint density at radius 1 is 1.31 bits per heavy atom. The van der Waals surface area contributed by atoms with Crippen molar-refractivity contribution < 1.29 is 9.84 Å². The van der Waals surface area contributed by atoms with Crippen LogP contribution >= 0.6 is 0 Å². The highest BCUT2D eigenvalue weighted by atomic mass is 16.5. The first-order valence-electron chi connectivity index (χ1n) is 9.88. The van der Waals surface area contributed by atoms with Crippen molar-refractivity contribution >= 4 is 22.4 Å².